The molecule has 7 nitrogen and oxygen atoms in total. The highest BCUT2D eigenvalue weighted by atomic mass is 16.5. The number of benzene rings is 3. The SMILES string of the molecule is CCCc1nc2c(C)cccc2n1-c1ccc2c(c1)COc1cccc(C)c1/C2=C(/C)c1noc(=O)[nH]1. The normalized spacial score (nSPS) is 14.2. The van der Waals surface area contributed by atoms with Crippen LogP contribution in [0.2, 0.25) is 0 Å². The van der Waals surface area contributed by atoms with E-state index in [1.54, 1.807) is 0 Å². The molecule has 3 aromatic carbocycles. The summed E-state index contributed by atoms with van der Waals surface area (Å²) in [4.78, 5) is 19.5. The van der Waals surface area contributed by atoms with E-state index in [2.05, 4.69) is 77.9 Å². The van der Waals surface area contributed by atoms with E-state index in [0.29, 0.717) is 12.4 Å². The first-order valence-corrected chi connectivity index (χ1v) is 12.6. The van der Waals surface area contributed by atoms with Crippen molar-refractivity contribution in [3.05, 3.63) is 105 Å². The van der Waals surface area contributed by atoms with Crippen LogP contribution in [0.1, 0.15) is 59.7 Å². The number of ether oxygens (including phenoxy) is 1. The van der Waals surface area contributed by atoms with Gasteiger partial charge in [-0.15, -0.1) is 0 Å². The zero-order valence-electron chi connectivity index (χ0n) is 21.4. The summed E-state index contributed by atoms with van der Waals surface area (Å²) in [6.45, 7) is 8.72. The Labute approximate surface area is 214 Å². The summed E-state index contributed by atoms with van der Waals surface area (Å²) < 4.78 is 13.5. The minimum atomic E-state index is -0.578. The van der Waals surface area contributed by atoms with E-state index in [9.17, 15) is 4.79 Å². The van der Waals surface area contributed by atoms with Gasteiger partial charge in [-0.2, -0.15) is 0 Å². The molecule has 0 fully saturated rings. The number of hydrogen-bond donors (Lipinski definition) is 1. The van der Waals surface area contributed by atoms with E-state index in [1.165, 1.54) is 5.56 Å². The molecule has 1 aliphatic rings. The van der Waals surface area contributed by atoms with Crippen molar-refractivity contribution in [2.75, 3.05) is 0 Å². The first-order valence-electron chi connectivity index (χ1n) is 12.6. The van der Waals surface area contributed by atoms with E-state index in [0.717, 1.165) is 74.5 Å². The van der Waals surface area contributed by atoms with Gasteiger partial charge in [0.05, 0.1) is 11.0 Å². The van der Waals surface area contributed by atoms with E-state index >= 15 is 0 Å². The molecule has 0 amide bonds. The number of imidazole rings is 1. The molecule has 0 atom stereocenters. The zero-order valence-corrected chi connectivity index (χ0v) is 21.4. The first-order chi connectivity index (χ1) is 18.0. The fraction of sp³-hybridized carbons (Fsp3) is 0.233. The lowest BCUT2D eigenvalue weighted by Crippen LogP contribution is -2.04. The highest BCUT2D eigenvalue weighted by Crippen LogP contribution is 2.42. The van der Waals surface area contributed by atoms with Crippen LogP contribution in [-0.4, -0.2) is 19.7 Å². The molecule has 0 aliphatic carbocycles. The maximum absolute atomic E-state index is 11.8. The Morgan fingerprint density at radius 1 is 1.08 bits per heavy atom. The molecule has 7 heteroatoms. The lowest BCUT2D eigenvalue weighted by atomic mass is 9.88. The lowest BCUT2D eigenvalue weighted by Gasteiger charge is -2.17. The van der Waals surface area contributed by atoms with Gasteiger partial charge in [-0.25, -0.2) is 9.78 Å². The topological polar surface area (TPSA) is 85.9 Å². The summed E-state index contributed by atoms with van der Waals surface area (Å²) in [7, 11) is 0. The molecule has 5 aromatic rings. The molecule has 3 heterocycles. The van der Waals surface area contributed by atoms with Crippen LogP contribution in [0.15, 0.2) is 63.9 Å². The van der Waals surface area contributed by atoms with Crippen molar-refractivity contribution >= 4 is 22.2 Å². The molecule has 2 aromatic heterocycles. The zero-order chi connectivity index (χ0) is 25.7. The molecule has 186 valence electrons. The van der Waals surface area contributed by atoms with E-state index < -0.39 is 5.76 Å². The fourth-order valence-corrected chi connectivity index (χ4v) is 5.32. The van der Waals surface area contributed by atoms with Gasteiger partial charge in [0, 0.05) is 23.2 Å². The van der Waals surface area contributed by atoms with Gasteiger partial charge >= 0.3 is 5.76 Å². The van der Waals surface area contributed by atoms with Gasteiger partial charge in [0.15, 0.2) is 5.82 Å². The molecule has 0 saturated heterocycles. The smallest absolute Gasteiger partial charge is 0.439 e. The number of allylic oxidation sites excluding steroid dienone is 1. The number of fused-ring (bicyclic) bond motifs is 3. The Morgan fingerprint density at radius 3 is 2.68 bits per heavy atom. The van der Waals surface area contributed by atoms with Crippen LogP contribution >= 0.6 is 0 Å². The largest absolute Gasteiger partial charge is 0.488 e. The van der Waals surface area contributed by atoms with Crippen molar-refractivity contribution in [3.63, 3.8) is 0 Å². The van der Waals surface area contributed by atoms with Crippen LogP contribution < -0.4 is 10.5 Å². The third-order valence-corrected chi connectivity index (χ3v) is 7.08. The second kappa shape index (κ2) is 8.92. The number of nitrogens with one attached hydrogen (secondary N) is 1. The number of aromatic amines is 1. The summed E-state index contributed by atoms with van der Waals surface area (Å²) >= 11 is 0. The molecule has 1 aliphatic heterocycles. The predicted octanol–water partition coefficient (Wildman–Crippen LogP) is 6.14. The Balaban J connectivity index is 1.60. The number of aryl methyl sites for hydroxylation is 3. The van der Waals surface area contributed by atoms with E-state index in [4.69, 9.17) is 14.2 Å². The van der Waals surface area contributed by atoms with Crippen molar-refractivity contribution in [1.82, 2.24) is 19.7 Å². The summed E-state index contributed by atoms with van der Waals surface area (Å²) in [5.74, 6) is 1.68. The van der Waals surface area contributed by atoms with Crippen molar-refractivity contribution in [1.29, 1.82) is 0 Å². The summed E-state index contributed by atoms with van der Waals surface area (Å²) in [6, 6.07) is 18.8. The summed E-state index contributed by atoms with van der Waals surface area (Å²) in [5, 5.41) is 3.98. The minimum absolute atomic E-state index is 0.410. The molecular weight excluding hydrogens is 464 g/mol. The Morgan fingerprint density at radius 2 is 1.89 bits per heavy atom. The average Bonchev–Trinajstić information content (AvgIpc) is 3.44. The van der Waals surface area contributed by atoms with Crippen LogP contribution in [-0.2, 0) is 13.0 Å². The fourth-order valence-electron chi connectivity index (χ4n) is 5.32. The van der Waals surface area contributed by atoms with Crippen LogP contribution in [0.3, 0.4) is 0 Å². The third-order valence-electron chi connectivity index (χ3n) is 7.08. The monoisotopic (exact) mass is 492 g/mol. The maximum Gasteiger partial charge on any atom is 0.439 e. The van der Waals surface area contributed by atoms with Crippen LogP contribution in [0.5, 0.6) is 5.75 Å². The number of aromatic nitrogens is 4. The molecule has 0 saturated carbocycles. The van der Waals surface area contributed by atoms with Gasteiger partial charge in [0.2, 0.25) is 0 Å². The standard InChI is InChI=1S/C30H28N4O3/c1-5-8-25-31-28-18(3)10-6-11-23(28)34(25)21-13-14-22-20(15-21)16-36-24-12-7-9-17(2)26(24)27(22)19(4)29-32-30(35)37-33-29/h6-7,9-15H,5,8,16H2,1-4H3,(H,32,33,35)/b27-19-. The molecular formula is C30H28N4O3. The van der Waals surface area contributed by atoms with E-state index in [1.807, 2.05) is 19.1 Å². The highest BCUT2D eigenvalue weighted by molar-refractivity contribution is 6.00. The summed E-state index contributed by atoms with van der Waals surface area (Å²) in [6.07, 6.45) is 1.89. The maximum atomic E-state index is 11.8. The Hall–Kier alpha value is -4.39. The minimum Gasteiger partial charge on any atom is -0.488 e. The second-order valence-electron chi connectivity index (χ2n) is 9.58. The van der Waals surface area contributed by atoms with Crippen LogP contribution in [0.4, 0.5) is 0 Å². The molecule has 0 unspecified atom stereocenters. The molecule has 6 rings (SSSR count). The highest BCUT2D eigenvalue weighted by Gasteiger charge is 2.25. The van der Waals surface area contributed by atoms with E-state index in [-0.39, 0.29) is 0 Å². The quantitative estimate of drug-likeness (QED) is 0.326. The Kier molecular flexibility index (Phi) is 5.56. The third kappa shape index (κ3) is 3.78. The van der Waals surface area contributed by atoms with Gasteiger partial charge < -0.3 is 4.74 Å². The van der Waals surface area contributed by atoms with Crippen molar-refractivity contribution in [2.45, 2.75) is 47.1 Å². The van der Waals surface area contributed by atoms with Gasteiger partial charge in [-0.05, 0) is 79.3 Å². The number of nitrogens with zero attached hydrogens (tertiary/aromatic N) is 3. The number of hydrogen-bond acceptors (Lipinski definition) is 5. The average molecular weight is 493 g/mol. The predicted molar refractivity (Wildman–Crippen MR) is 144 cm³/mol. The summed E-state index contributed by atoms with van der Waals surface area (Å²) in [5.41, 5.74) is 10.3. The number of para-hydroxylation sites is 1. The van der Waals surface area contributed by atoms with Crippen molar-refractivity contribution in [3.8, 4) is 11.4 Å². The molecule has 1 N–H and O–H groups in total. The molecule has 0 spiro atoms. The molecule has 37 heavy (non-hydrogen) atoms. The first kappa shape index (κ1) is 23.0. The number of H-pyrrole nitrogens is 1. The number of rotatable bonds is 4. The van der Waals surface area contributed by atoms with Crippen LogP contribution in [0, 0.1) is 13.8 Å². The molecule has 0 bridgehead atoms. The van der Waals surface area contributed by atoms with Crippen LogP contribution in [0.25, 0.3) is 27.9 Å². The van der Waals surface area contributed by atoms with Gasteiger partial charge in [-0.3, -0.25) is 14.1 Å². The Bertz CT molecular complexity index is 1750. The van der Waals surface area contributed by atoms with Crippen molar-refractivity contribution in [2.24, 2.45) is 0 Å². The van der Waals surface area contributed by atoms with Gasteiger partial charge in [-0.1, -0.05) is 42.4 Å². The lowest BCUT2D eigenvalue weighted by molar-refractivity contribution is 0.307. The second-order valence-corrected chi connectivity index (χ2v) is 9.58. The van der Waals surface area contributed by atoms with Gasteiger partial charge in [0.25, 0.3) is 0 Å². The van der Waals surface area contributed by atoms with Crippen molar-refractivity contribution < 1.29 is 9.26 Å². The van der Waals surface area contributed by atoms with Gasteiger partial charge in [0.1, 0.15) is 18.2 Å². The molecule has 0 radical (unpaired) electrons.